The van der Waals surface area contributed by atoms with Crippen molar-refractivity contribution in [1.82, 2.24) is 14.8 Å². The summed E-state index contributed by atoms with van der Waals surface area (Å²) in [7, 11) is 0. The van der Waals surface area contributed by atoms with Crippen molar-refractivity contribution < 1.29 is 18.0 Å². The number of aromatic nitrogens is 3. The first-order valence-corrected chi connectivity index (χ1v) is 11.5. The Morgan fingerprint density at radius 3 is 2.40 bits per heavy atom. The summed E-state index contributed by atoms with van der Waals surface area (Å²) in [6.45, 7) is 3.72. The minimum absolute atomic E-state index is 0.225. The molecule has 0 radical (unpaired) electrons. The van der Waals surface area contributed by atoms with E-state index in [1.54, 1.807) is 30.6 Å². The molecule has 1 amide bonds. The minimum Gasteiger partial charge on any atom is -0.371 e. The summed E-state index contributed by atoms with van der Waals surface area (Å²) in [6, 6.07) is 12.0. The smallest absolute Gasteiger partial charge is 0.371 e. The summed E-state index contributed by atoms with van der Waals surface area (Å²) >= 11 is 0. The highest BCUT2D eigenvalue weighted by atomic mass is 19.4. The third-order valence-electron chi connectivity index (χ3n) is 6.30. The van der Waals surface area contributed by atoms with Gasteiger partial charge in [-0.15, -0.1) is 0 Å². The molecule has 0 saturated carbocycles. The van der Waals surface area contributed by atoms with E-state index < -0.39 is 23.3 Å². The van der Waals surface area contributed by atoms with E-state index in [-0.39, 0.29) is 5.69 Å². The molecule has 2 aromatic carbocycles. The molecule has 0 unspecified atom stereocenters. The maximum atomic E-state index is 14.1. The van der Waals surface area contributed by atoms with E-state index >= 15 is 0 Å². The van der Waals surface area contributed by atoms with E-state index in [1.165, 1.54) is 18.6 Å². The van der Waals surface area contributed by atoms with E-state index in [0.717, 1.165) is 53.4 Å². The molecule has 1 fully saturated rings. The van der Waals surface area contributed by atoms with Gasteiger partial charge in [0, 0.05) is 41.9 Å². The lowest BCUT2D eigenvalue weighted by molar-refractivity contribution is -0.143. The second-order valence-electron chi connectivity index (χ2n) is 8.71. The van der Waals surface area contributed by atoms with Gasteiger partial charge >= 0.3 is 6.18 Å². The molecular weight excluding hydrogens is 455 g/mol. The van der Waals surface area contributed by atoms with Crippen molar-refractivity contribution in [3.05, 3.63) is 77.9 Å². The van der Waals surface area contributed by atoms with Gasteiger partial charge in [-0.05, 0) is 56.5 Å². The van der Waals surface area contributed by atoms with Crippen molar-refractivity contribution in [3.63, 3.8) is 0 Å². The highest BCUT2D eigenvalue weighted by Gasteiger charge is 2.40. The van der Waals surface area contributed by atoms with Crippen LogP contribution in [-0.2, 0) is 6.18 Å². The van der Waals surface area contributed by atoms with E-state index in [0.29, 0.717) is 11.1 Å². The molecule has 1 N–H and O–H groups in total. The van der Waals surface area contributed by atoms with Crippen LogP contribution in [0.5, 0.6) is 0 Å². The third kappa shape index (κ3) is 4.45. The Labute approximate surface area is 200 Å². The molecule has 9 heteroatoms. The number of aryl methyl sites for hydroxylation is 1. The fourth-order valence-corrected chi connectivity index (χ4v) is 4.55. The van der Waals surface area contributed by atoms with Crippen LogP contribution in [0.2, 0.25) is 0 Å². The minimum atomic E-state index is -4.78. The predicted molar refractivity (Wildman–Crippen MR) is 129 cm³/mol. The molecule has 0 aliphatic carbocycles. The molecular formula is C26H24F3N5O. The Morgan fingerprint density at radius 2 is 1.69 bits per heavy atom. The SMILES string of the molecule is Cc1ccc(-n2ncc(C(=O)Nc3ccc(N4CCCCC4)c4ccncc34)c2C(F)(F)F)cc1. The number of nitrogens with one attached hydrogen (secondary N) is 1. The summed E-state index contributed by atoms with van der Waals surface area (Å²) in [5, 5.41) is 8.13. The first kappa shape index (κ1) is 22.9. The van der Waals surface area contributed by atoms with Crippen LogP contribution in [0, 0.1) is 6.92 Å². The van der Waals surface area contributed by atoms with Gasteiger partial charge in [0.25, 0.3) is 5.91 Å². The average Bonchev–Trinajstić information content (AvgIpc) is 3.31. The van der Waals surface area contributed by atoms with Gasteiger partial charge in [-0.25, -0.2) is 4.68 Å². The quantitative estimate of drug-likeness (QED) is 0.391. The highest BCUT2D eigenvalue weighted by Crippen LogP contribution is 2.36. The summed E-state index contributed by atoms with van der Waals surface area (Å²) in [6.07, 6.45) is 2.89. The second kappa shape index (κ2) is 9.05. The average molecular weight is 480 g/mol. The fourth-order valence-electron chi connectivity index (χ4n) is 4.55. The van der Waals surface area contributed by atoms with Gasteiger partial charge in [-0.3, -0.25) is 9.78 Å². The van der Waals surface area contributed by atoms with Gasteiger partial charge in [0.2, 0.25) is 0 Å². The second-order valence-corrected chi connectivity index (χ2v) is 8.71. The molecule has 1 aliphatic rings. The molecule has 2 aromatic heterocycles. The molecule has 1 aliphatic heterocycles. The van der Waals surface area contributed by atoms with Crippen molar-refractivity contribution in [1.29, 1.82) is 0 Å². The van der Waals surface area contributed by atoms with Gasteiger partial charge in [-0.1, -0.05) is 17.7 Å². The van der Waals surface area contributed by atoms with Gasteiger partial charge in [0.05, 0.1) is 23.1 Å². The van der Waals surface area contributed by atoms with Gasteiger partial charge in [-0.2, -0.15) is 18.3 Å². The Hall–Kier alpha value is -3.88. The number of alkyl halides is 3. The zero-order valence-corrected chi connectivity index (χ0v) is 19.1. The maximum absolute atomic E-state index is 14.1. The molecule has 5 rings (SSSR count). The molecule has 4 aromatic rings. The Kier molecular flexibility index (Phi) is 5.92. The molecule has 0 bridgehead atoms. The molecule has 0 spiro atoms. The Bertz CT molecular complexity index is 1370. The first-order valence-electron chi connectivity index (χ1n) is 11.5. The lowest BCUT2D eigenvalue weighted by Crippen LogP contribution is -2.29. The number of fused-ring (bicyclic) bond motifs is 1. The van der Waals surface area contributed by atoms with Crippen LogP contribution in [0.15, 0.2) is 61.1 Å². The fraction of sp³-hybridized carbons (Fsp3) is 0.269. The van der Waals surface area contributed by atoms with Crippen molar-refractivity contribution >= 4 is 28.1 Å². The van der Waals surface area contributed by atoms with Gasteiger partial charge in [0.15, 0.2) is 5.69 Å². The largest absolute Gasteiger partial charge is 0.434 e. The number of hydrogen-bond donors (Lipinski definition) is 1. The molecule has 35 heavy (non-hydrogen) atoms. The standard InChI is InChI=1S/C26H24F3N5O/c1-17-5-7-18(8-6-17)34-24(26(27,28)29)21(16-31-34)25(35)32-22-9-10-23(33-13-3-2-4-14-33)19-11-12-30-15-20(19)22/h5-12,15-16H,2-4,13-14H2,1H3,(H,32,35). The van der Waals surface area contributed by atoms with Crippen molar-refractivity contribution in [2.75, 3.05) is 23.3 Å². The topological polar surface area (TPSA) is 63.1 Å². The lowest BCUT2D eigenvalue weighted by Gasteiger charge is -2.30. The van der Waals surface area contributed by atoms with Crippen molar-refractivity contribution in [2.24, 2.45) is 0 Å². The van der Waals surface area contributed by atoms with E-state index in [2.05, 4.69) is 20.3 Å². The van der Waals surface area contributed by atoms with Crippen LogP contribution < -0.4 is 10.2 Å². The summed E-state index contributed by atoms with van der Waals surface area (Å²) in [4.78, 5) is 19.6. The van der Waals surface area contributed by atoms with Crippen LogP contribution in [0.25, 0.3) is 16.5 Å². The first-order chi connectivity index (χ1) is 16.8. The number of nitrogens with zero attached hydrogens (tertiary/aromatic N) is 4. The number of rotatable bonds is 4. The zero-order chi connectivity index (χ0) is 24.6. The van der Waals surface area contributed by atoms with E-state index in [9.17, 15) is 18.0 Å². The Morgan fingerprint density at radius 1 is 0.943 bits per heavy atom. The number of piperidine rings is 1. The predicted octanol–water partition coefficient (Wildman–Crippen LogP) is 5.99. The molecule has 0 atom stereocenters. The molecule has 3 heterocycles. The highest BCUT2D eigenvalue weighted by molar-refractivity contribution is 6.11. The zero-order valence-electron chi connectivity index (χ0n) is 19.1. The third-order valence-corrected chi connectivity index (χ3v) is 6.30. The molecule has 6 nitrogen and oxygen atoms in total. The summed E-state index contributed by atoms with van der Waals surface area (Å²) in [5.74, 6) is -0.883. The van der Waals surface area contributed by atoms with Gasteiger partial charge in [0.1, 0.15) is 0 Å². The number of anilines is 2. The maximum Gasteiger partial charge on any atom is 0.434 e. The van der Waals surface area contributed by atoms with Crippen LogP contribution in [0.1, 0.15) is 40.9 Å². The number of pyridine rings is 1. The number of halogens is 3. The van der Waals surface area contributed by atoms with E-state index in [1.807, 2.05) is 19.1 Å². The van der Waals surface area contributed by atoms with Crippen LogP contribution in [0.3, 0.4) is 0 Å². The number of hydrogen-bond acceptors (Lipinski definition) is 4. The Balaban J connectivity index is 1.52. The summed E-state index contributed by atoms with van der Waals surface area (Å²) in [5.41, 5.74) is 0.892. The van der Waals surface area contributed by atoms with E-state index in [4.69, 9.17) is 0 Å². The molecule has 180 valence electrons. The normalized spacial score (nSPS) is 14.3. The number of carbonyl (C=O) groups is 1. The molecule has 1 saturated heterocycles. The van der Waals surface area contributed by atoms with Crippen molar-refractivity contribution in [2.45, 2.75) is 32.4 Å². The summed E-state index contributed by atoms with van der Waals surface area (Å²) < 4.78 is 42.9. The lowest BCUT2D eigenvalue weighted by atomic mass is 10.0. The number of amides is 1. The van der Waals surface area contributed by atoms with Crippen molar-refractivity contribution in [3.8, 4) is 5.69 Å². The van der Waals surface area contributed by atoms with Gasteiger partial charge < -0.3 is 10.2 Å². The number of carbonyl (C=O) groups excluding carboxylic acids is 1. The van der Waals surface area contributed by atoms with Crippen LogP contribution in [0.4, 0.5) is 24.5 Å². The van der Waals surface area contributed by atoms with Crippen LogP contribution >= 0.6 is 0 Å². The van der Waals surface area contributed by atoms with Crippen LogP contribution in [-0.4, -0.2) is 33.8 Å². The monoisotopic (exact) mass is 479 g/mol. The number of benzene rings is 2.